The fraction of sp³-hybridized carbons (Fsp3) is 0.125. The minimum absolute atomic E-state index is 0.128. The highest BCUT2D eigenvalue weighted by Crippen LogP contribution is 2.26. The number of thiocarbonyl (C=S) groups is 1. The Hall–Kier alpha value is -3.27. The summed E-state index contributed by atoms with van der Waals surface area (Å²) in [6.45, 7) is 0.866. The molecule has 3 aromatic carbocycles. The van der Waals surface area contributed by atoms with Crippen LogP contribution in [0.5, 0.6) is 5.75 Å². The van der Waals surface area contributed by atoms with Crippen LogP contribution in [0.2, 0.25) is 0 Å². The minimum Gasteiger partial charge on any atom is -0.490 e. The molecule has 0 radical (unpaired) electrons. The van der Waals surface area contributed by atoms with E-state index in [9.17, 15) is 9.59 Å². The van der Waals surface area contributed by atoms with E-state index in [2.05, 4.69) is 31.9 Å². The zero-order valence-corrected chi connectivity index (χ0v) is 20.2. The Bertz CT molecular complexity index is 1140. The number of nitrogens with one attached hydrogen (secondary N) is 3. The summed E-state index contributed by atoms with van der Waals surface area (Å²) in [5, 5.41) is 8.56. The van der Waals surface area contributed by atoms with Gasteiger partial charge in [0, 0.05) is 29.6 Å². The van der Waals surface area contributed by atoms with Crippen molar-refractivity contribution in [2.75, 3.05) is 31.0 Å². The number of carbonyl (C=O) groups is 2. The number of methoxy groups -OCH3 is 1. The molecule has 7 nitrogen and oxygen atoms in total. The number of benzene rings is 3. The van der Waals surface area contributed by atoms with Crippen LogP contribution < -0.4 is 20.7 Å². The van der Waals surface area contributed by atoms with E-state index in [1.807, 2.05) is 6.07 Å². The third kappa shape index (κ3) is 7.38. The molecule has 0 aliphatic carbocycles. The predicted molar refractivity (Wildman–Crippen MR) is 136 cm³/mol. The largest absolute Gasteiger partial charge is 0.490 e. The van der Waals surface area contributed by atoms with E-state index in [1.165, 1.54) is 0 Å². The van der Waals surface area contributed by atoms with Crippen molar-refractivity contribution in [1.82, 2.24) is 5.32 Å². The summed E-state index contributed by atoms with van der Waals surface area (Å²) in [6.07, 6.45) is 0. The average molecular weight is 528 g/mol. The first-order valence-electron chi connectivity index (χ1n) is 9.96. The normalized spacial score (nSPS) is 10.2. The van der Waals surface area contributed by atoms with Crippen LogP contribution >= 0.6 is 28.1 Å². The maximum atomic E-state index is 12.6. The second-order valence-electron chi connectivity index (χ2n) is 6.80. The lowest BCUT2D eigenvalue weighted by atomic mass is 10.2. The molecule has 33 heavy (non-hydrogen) atoms. The maximum absolute atomic E-state index is 12.6. The van der Waals surface area contributed by atoms with E-state index in [-0.39, 0.29) is 16.9 Å². The highest BCUT2D eigenvalue weighted by atomic mass is 79.9. The molecule has 3 aromatic rings. The molecular formula is C24H22BrN3O4S. The van der Waals surface area contributed by atoms with E-state index < -0.39 is 0 Å². The fourth-order valence-corrected chi connectivity index (χ4v) is 3.50. The van der Waals surface area contributed by atoms with Crippen LogP contribution in [0.25, 0.3) is 0 Å². The van der Waals surface area contributed by atoms with E-state index in [1.54, 1.807) is 73.8 Å². The van der Waals surface area contributed by atoms with Gasteiger partial charge in [0.25, 0.3) is 11.8 Å². The molecule has 0 saturated heterocycles. The molecule has 0 atom stereocenters. The average Bonchev–Trinajstić information content (AvgIpc) is 2.81. The van der Waals surface area contributed by atoms with E-state index in [0.29, 0.717) is 45.9 Å². The van der Waals surface area contributed by atoms with E-state index in [4.69, 9.17) is 21.7 Å². The Labute approximate surface area is 205 Å². The highest BCUT2D eigenvalue weighted by molar-refractivity contribution is 9.10. The molecule has 170 valence electrons. The first kappa shape index (κ1) is 24.4. The van der Waals surface area contributed by atoms with Gasteiger partial charge in [0.2, 0.25) is 0 Å². The summed E-state index contributed by atoms with van der Waals surface area (Å²) in [5.41, 5.74) is 2.18. The monoisotopic (exact) mass is 527 g/mol. The van der Waals surface area contributed by atoms with Crippen LogP contribution in [0.3, 0.4) is 0 Å². The van der Waals surface area contributed by atoms with Gasteiger partial charge in [-0.25, -0.2) is 0 Å². The molecule has 3 rings (SSSR count). The zero-order valence-electron chi connectivity index (χ0n) is 17.8. The highest BCUT2D eigenvalue weighted by Gasteiger charge is 2.12. The molecule has 0 aliphatic rings. The van der Waals surface area contributed by atoms with Crippen molar-refractivity contribution in [3.05, 3.63) is 88.4 Å². The quantitative estimate of drug-likeness (QED) is 0.286. The summed E-state index contributed by atoms with van der Waals surface area (Å²) in [7, 11) is 1.60. The molecule has 0 unspecified atom stereocenters. The van der Waals surface area contributed by atoms with Gasteiger partial charge in [0.05, 0.1) is 11.1 Å². The molecule has 2 amide bonds. The van der Waals surface area contributed by atoms with Crippen molar-refractivity contribution < 1.29 is 19.1 Å². The van der Waals surface area contributed by atoms with Gasteiger partial charge in [-0.1, -0.05) is 24.3 Å². The molecule has 3 N–H and O–H groups in total. The predicted octanol–water partition coefficient (Wildman–Crippen LogP) is 4.85. The molecule has 0 bridgehead atoms. The Morgan fingerprint density at radius 2 is 1.58 bits per heavy atom. The van der Waals surface area contributed by atoms with Crippen LogP contribution in [0.4, 0.5) is 11.4 Å². The number of halogens is 1. The Kier molecular flexibility index (Phi) is 8.94. The molecule has 0 heterocycles. The summed E-state index contributed by atoms with van der Waals surface area (Å²) < 4.78 is 11.2. The van der Waals surface area contributed by atoms with Gasteiger partial charge in [0.1, 0.15) is 12.4 Å². The summed E-state index contributed by atoms with van der Waals surface area (Å²) >= 11 is 8.67. The first-order valence-corrected chi connectivity index (χ1v) is 11.2. The SMILES string of the molecule is COCCOc1ccc(C(=O)NC(=S)Nc2cccc(NC(=O)c3ccccc3)c2)cc1Br. The van der Waals surface area contributed by atoms with Gasteiger partial charge in [0.15, 0.2) is 5.11 Å². The van der Waals surface area contributed by atoms with Gasteiger partial charge >= 0.3 is 0 Å². The minimum atomic E-state index is -0.370. The second-order valence-corrected chi connectivity index (χ2v) is 8.06. The van der Waals surface area contributed by atoms with Crippen molar-refractivity contribution in [1.29, 1.82) is 0 Å². The molecule has 0 fully saturated rings. The lowest BCUT2D eigenvalue weighted by Gasteiger charge is -2.12. The number of amides is 2. The number of hydrogen-bond acceptors (Lipinski definition) is 5. The molecule has 9 heteroatoms. The first-order chi connectivity index (χ1) is 16.0. The molecule has 0 saturated carbocycles. The fourth-order valence-electron chi connectivity index (χ4n) is 2.80. The zero-order chi connectivity index (χ0) is 23.6. The number of rotatable bonds is 8. The van der Waals surface area contributed by atoms with Gasteiger partial charge in [-0.15, -0.1) is 0 Å². The van der Waals surface area contributed by atoms with Crippen LogP contribution in [0.1, 0.15) is 20.7 Å². The van der Waals surface area contributed by atoms with Crippen LogP contribution in [-0.2, 0) is 4.74 Å². The number of anilines is 2. The molecular weight excluding hydrogens is 506 g/mol. The van der Waals surface area contributed by atoms with Crippen molar-refractivity contribution in [3.8, 4) is 5.75 Å². The van der Waals surface area contributed by atoms with Gasteiger partial charge in [-0.3, -0.25) is 14.9 Å². The number of ether oxygens (including phenoxy) is 2. The summed E-state index contributed by atoms with van der Waals surface area (Å²) in [4.78, 5) is 24.9. The molecule has 0 spiro atoms. The Morgan fingerprint density at radius 3 is 2.27 bits per heavy atom. The van der Waals surface area contributed by atoms with Crippen LogP contribution in [-0.4, -0.2) is 37.3 Å². The summed E-state index contributed by atoms with van der Waals surface area (Å²) in [6, 6.07) is 20.9. The standard InChI is InChI=1S/C24H22BrN3O4S/c1-31-12-13-32-21-11-10-17(14-20(21)25)23(30)28-24(33)27-19-9-5-8-18(15-19)26-22(29)16-6-3-2-4-7-16/h2-11,14-15H,12-13H2,1H3,(H,26,29)(H2,27,28,30,33). The molecule has 0 aliphatic heterocycles. The maximum Gasteiger partial charge on any atom is 0.257 e. The number of carbonyl (C=O) groups excluding carboxylic acids is 2. The van der Waals surface area contributed by atoms with Crippen LogP contribution in [0, 0.1) is 0 Å². The topological polar surface area (TPSA) is 88.7 Å². The Morgan fingerprint density at radius 1 is 0.848 bits per heavy atom. The van der Waals surface area contributed by atoms with Gasteiger partial charge in [-0.2, -0.15) is 0 Å². The van der Waals surface area contributed by atoms with Crippen LogP contribution in [0.15, 0.2) is 77.3 Å². The lowest BCUT2D eigenvalue weighted by molar-refractivity contribution is 0.0976. The molecule has 0 aromatic heterocycles. The van der Waals surface area contributed by atoms with Crippen molar-refractivity contribution in [2.45, 2.75) is 0 Å². The second kappa shape index (κ2) is 12.1. The lowest BCUT2D eigenvalue weighted by Crippen LogP contribution is -2.34. The summed E-state index contributed by atoms with van der Waals surface area (Å²) in [5.74, 6) is 0.0210. The number of hydrogen-bond donors (Lipinski definition) is 3. The third-order valence-electron chi connectivity index (χ3n) is 4.38. The van der Waals surface area contributed by atoms with Crippen molar-refractivity contribution in [3.63, 3.8) is 0 Å². The van der Waals surface area contributed by atoms with Crippen molar-refractivity contribution >= 4 is 56.4 Å². The van der Waals surface area contributed by atoms with E-state index >= 15 is 0 Å². The van der Waals surface area contributed by atoms with Crippen molar-refractivity contribution in [2.24, 2.45) is 0 Å². The smallest absolute Gasteiger partial charge is 0.257 e. The van der Waals surface area contributed by atoms with E-state index in [0.717, 1.165) is 0 Å². The van der Waals surface area contributed by atoms with Gasteiger partial charge < -0.3 is 20.1 Å². The third-order valence-corrected chi connectivity index (χ3v) is 5.20. The Balaban J connectivity index is 1.57. The van der Waals surface area contributed by atoms with Gasteiger partial charge in [-0.05, 0) is 76.7 Å².